The number of aliphatic hydroxyl groups is 1. The van der Waals surface area contributed by atoms with Crippen molar-refractivity contribution in [3.8, 4) is 0 Å². The molecule has 2 N–H and O–H groups in total. The van der Waals surface area contributed by atoms with Gasteiger partial charge in [-0.15, -0.1) is 0 Å². The molecular weight excluding hydrogens is 440 g/mol. The van der Waals surface area contributed by atoms with Crippen molar-refractivity contribution in [2.24, 2.45) is 50.2 Å². The van der Waals surface area contributed by atoms with Crippen LogP contribution < -0.4 is 0 Å². The highest BCUT2D eigenvalue weighted by Gasteiger charge is 2.71. The Morgan fingerprint density at radius 2 is 1.49 bits per heavy atom. The molecule has 0 saturated heterocycles. The molecule has 0 aromatic carbocycles. The first-order chi connectivity index (χ1) is 16.1. The minimum absolute atomic E-state index is 0.0220. The summed E-state index contributed by atoms with van der Waals surface area (Å²) in [7, 11) is 0. The predicted molar refractivity (Wildman–Crippen MR) is 134 cm³/mol. The molecule has 194 valence electrons. The summed E-state index contributed by atoms with van der Waals surface area (Å²) in [4.78, 5) is 37.8. The van der Waals surface area contributed by atoms with Gasteiger partial charge in [0.1, 0.15) is 6.29 Å². The van der Waals surface area contributed by atoms with E-state index >= 15 is 0 Å². The Bertz CT molecular complexity index is 1030. The van der Waals surface area contributed by atoms with Gasteiger partial charge in [0.2, 0.25) is 0 Å². The monoisotopic (exact) mass is 484 g/mol. The van der Waals surface area contributed by atoms with E-state index < -0.39 is 16.8 Å². The zero-order valence-corrected chi connectivity index (χ0v) is 22.5. The quantitative estimate of drug-likeness (QED) is 0.436. The molecule has 0 aliphatic heterocycles. The Balaban J connectivity index is 1.59. The van der Waals surface area contributed by atoms with Crippen molar-refractivity contribution < 1.29 is 24.6 Å². The fraction of sp³-hybridized carbons (Fsp3) is 0.833. The van der Waals surface area contributed by atoms with Crippen LogP contribution in [-0.2, 0) is 14.4 Å². The lowest BCUT2D eigenvalue weighted by molar-refractivity contribution is -0.248. The molecule has 4 saturated carbocycles. The Kier molecular flexibility index (Phi) is 5.16. The van der Waals surface area contributed by atoms with Crippen LogP contribution in [0.15, 0.2) is 11.3 Å². The number of carboxylic acids is 1. The van der Waals surface area contributed by atoms with Crippen LogP contribution in [0.5, 0.6) is 0 Å². The van der Waals surface area contributed by atoms with Gasteiger partial charge in [-0.3, -0.25) is 9.59 Å². The van der Waals surface area contributed by atoms with Gasteiger partial charge in [0, 0.05) is 6.42 Å². The van der Waals surface area contributed by atoms with E-state index in [4.69, 9.17) is 0 Å². The van der Waals surface area contributed by atoms with Crippen LogP contribution in [0.2, 0.25) is 0 Å². The average molecular weight is 485 g/mol. The van der Waals surface area contributed by atoms with E-state index in [-0.39, 0.29) is 45.5 Å². The fourth-order valence-electron chi connectivity index (χ4n) is 10.7. The van der Waals surface area contributed by atoms with Crippen LogP contribution in [0, 0.1) is 50.2 Å². The van der Waals surface area contributed by atoms with E-state index in [0.29, 0.717) is 23.8 Å². The minimum atomic E-state index is -0.747. The maximum Gasteiger partial charge on any atom is 0.309 e. The summed E-state index contributed by atoms with van der Waals surface area (Å²) < 4.78 is 0. The zero-order chi connectivity index (χ0) is 25.8. The van der Waals surface area contributed by atoms with Crippen molar-refractivity contribution in [1.82, 2.24) is 0 Å². The molecule has 0 radical (unpaired) electrons. The maximum absolute atomic E-state index is 12.8. The van der Waals surface area contributed by atoms with Crippen LogP contribution in [-0.4, -0.2) is 28.3 Å². The third-order valence-electron chi connectivity index (χ3n) is 13.5. The van der Waals surface area contributed by atoms with Crippen LogP contribution in [0.3, 0.4) is 0 Å². The normalized spacial score (nSPS) is 53.7. The van der Waals surface area contributed by atoms with Crippen molar-refractivity contribution in [2.45, 2.75) is 106 Å². The molecule has 0 spiro atoms. The first kappa shape index (κ1) is 25.0. The van der Waals surface area contributed by atoms with Crippen LogP contribution in [0.1, 0.15) is 106 Å². The number of carbonyl (C=O) groups is 3. The van der Waals surface area contributed by atoms with Gasteiger partial charge in [0.05, 0.1) is 10.8 Å². The number of hydrogen-bond acceptors (Lipinski definition) is 4. The van der Waals surface area contributed by atoms with Gasteiger partial charge in [-0.25, -0.2) is 0 Å². The highest BCUT2D eigenvalue weighted by molar-refractivity contribution is 5.97. The van der Waals surface area contributed by atoms with Crippen molar-refractivity contribution in [3.63, 3.8) is 0 Å². The average Bonchev–Trinajstić information content (AvgIpc) is 2.81. The lowest BCUT2D eigenvalue weighted by atomic mass is 9.30. The van der Waals surface area contributed by atoms with Crippen molar-refractivity contribution in [2.75, 3.05) is 0 Å². The molecule has 5 aliphatic rings. The molecule has 35 heavy (non-hydrogen) atoms. The number of carboxylic acid groups (broad SMARTS) is 1. The standard InChI is InChI=1S/C30H44O5/c1-18-23(33)19(32)15-21-27(4)12-14-29(6)22-16-26(3,24(34)35)10-9-25(22,2)11-13-28(29,5)20(27)7-8-30(18,21)17-31/h17,20-22,33H,7-16H2,1-6H3,(H,34,35)/t20-,21+,22+,25-,26-,27-,28-,29+,30+/m1/s1. The summed E-state index contributed by atoms with van der Waals surface area (Å²) in [5.74, 6) is -0.427. The largest absolute Gasteiger partial charge is 0.504 e. The van der Waals surface area contributed by atoms with Crippen LogP contribution in [0.25, 0.3) is 0 Å². The molecule has 0 aromatic rings. The number of carbonyl (C=O) groups excluding carboxylic acids is 2. The molecule has 5 aliphatic carbocycles. The second kappa shape index (κ2) is 7.22. The second-order valence-corrected chi connectivity index (χ2v) is 14.5. The molecule has 9 atom stereocenters. The lowest BCUT2D eigenvalue weighted by Gasteiger charge is -2.74. The summed E-state index contributed by atoms with van der Waals surface area (Å²) in [6.45, 7) is 13.4. The van der Waals surface area contributed by atoms with E-state index in [9.17, 15) is 24.6 Å². The Morgan fingerprint density at radius 1 is 0.886 bits per heavy atom. The first-order valence-electron chi connectivity index (χ1n) is 13.8. The summed E-state index contributed by atoms with van der Waals surface area (Å²) >= 11 is 0. The summed E-state index contributed by atoms with van der Waals surface area (Å²) in [5.41, 5.74) is -0.783. The fourth-order valence-corrected chi connectivity index (χ4v) is 10.7. The van der Waals surface area contributed by atoms with Crippen molar-refractivity contribution >= 4 is 18.0 Å². The molecule has 0 amide bonds. The first-order valence-corrected chi connectivity index (χ1v) is 13.8. The van der Waals surface area contributed by atoms with E-state index in [0.717, 1.165) is 57.7 Å². The van der Waals surface area contributed by atoms with Gasteiger partial charge in [0.25, 0.3) is 0 Å². The lowest BCUT2D eigenvalue weighted by Crippen LogP contribution is -2.68. The number of rotatable bonds is 2. The van der Waals surface area contributed by atoms with Gasteiger partial charge in [-0.2, -0.15) is 0 Å². The third kappa shape index (κ3) is 2.84. The number of Topliss-reactive ketones (excluding diaryl/α,β-unsaturated/α-hetero) is 1. The number of aliphatic hydroxyl groups excluding tert-OH is 1. The van der Waals surface area contributed by atoms with E-state index in [1.165, 1.54) is 0 Å². The molecule has 0 aromatic heterocycles. The van der Waals surface area contributed by atoms with Gasteiger partial charge >= 0.3 is 5.97 Å². The molecule has 5 rings (SSSR count). The van der Waals surface area contributed by atoms with Crippen molar-refractivity contribution in [3.05, 3.63) is 11.3 Å². The number of aldehydes is 1. The number of ketones is 1. The van der Waals surface area contributed by atoms with E-state index in [2.05, 4.69) is 27.7 Å². The van der Waals surface area contributed by atoms with E-state index in [1.54, 1.807) is 6.92 Å². The smallest absolute Gasteiger partial charge is 0.309 e. The topological polar surface area (TPSA) is 91.7 Å². The number of aliphatic carboxylic acids is 1. The third-order valence-corrected chi connectivity index (χ3v) is 13.5. The summed E-state index contributed by atoms with van der Waals surface area (Å²) in [5, 5.41) is 20.6. The SMILES string of the molecule is CC1=C(O)C(=O)C[C@H]2[C@]3(C)CC[C@@]4(C)[C@H]5C[C@](C)(C(=O)O)CC[C@]5(C)CC[C@]4(C)[C@@H]3CC[C@]12C=O. The zero-order valence-electron chi connectivity index (χ0n) is 22.5. The van der Waals surface area contributed by atoms with Gasteiger partial charge in [0.15, 0.2) is 11.5 Å². The van der Waals surface area contributed by atoms with Crippen molar-refractivity contribution in [1.29, 1.82) is 0 Å². The Labute approximate surface area is 210 Å². The van der Waals surface area contributed by atoms with Crippen LogP contribution >= 0.6 is 0 Å². The van der Waals surface area contributed by atoms with Gasteiger partial charge in [-0.1, -0.05) is 27.7 Å². The Morgan fingerprint density at radius 3 is 2.11 bits per heavy atom. The van der Waals surface area contributed by atoms with Gasteiger partial charge < -0.3 is 15.0 Å². The minimum Gasteiger partial charge on any atom is -0.504 e. The maximum atomic E-state index is 12.8. The molecular formula is C30H44O5. The number of hydrogen-bond donors (Lipinski definition) is 2. The number of fused-ring (bicyclic) bond motifs is 7. The Hall–Kier alpha value is -1.65. The highest BCUT2D eigenvalue weighted by atomic mass is 16.4. The molecule has 4 fully saturated rings. The highest BCUT2D eigenvalue weighted by Crippen LogP contribution is 2.78. The predicted octanol–water partition coefficient (Wildman–Crippen LogP) is 6.51. The summed E-state index contributed by atoms with van der Waals surface area (Å²) in [6.07, 6.45) is 9.55. The van der Waals surface area contributed by atoms with E-state index in [1.807, 2.05) is 6.92 Å². The molecule has 5 nitrogen and oxygen atoms in total. The molecule has 0 heterocycles. The second-order valence-electron chi connectivity index (χ2n) is 14.5. The number of allylic oxidation sites excluding steroid dienone is 2. The molecule has 5 heteroatoms. The molecule has 0 unspecified atom stereocenters. The van der Waals surface area contributed by atoms with Gasteiger partial charge in [-0.05, 0) is 117 Å². The van der Waals surface area contributed by atoms with Crippen LogP contribution in [0.4, 0.5) is 0 Å². The molecule has 0 bridgehead atoms. The summed E-state index contributed by atoms with van der Waals surface area (Å²) in [6, 6.07) is 0.